The van der Waals surface area contributed by atoms with Crippen molar-refractivity contribution in [3.8, 4) is 0 Å². The molecule has 23 heavy (non-hydrogen) atoms. The lowest BCUT2D eigenvalue weighted by Gasteiger charge is -2.36. The van der Waals surface area contributed by atoms with Gasteiger partial charge in [0.25, 0.3) is 0 Å². The molecule has 0 radical (unpaired) electrons. The minimum absolute atomic E-state index is 0.229. The average Bonchev–Trinajstić information content (AvgIpc) is 2.80. The SMILES string of the molecule is CC(C)(C)CC(c1ccc2c(c1)oc1ccccc12)C(C)(C)C. The molecule has 0 saturated heterocycles. The van der Waals surface area contributed by atoms with Crippen LogP contribution in [0.5, 0.6) is 0 Å². The summed E-state index contributed by atoms with van der Waals surface area (Å²) in [5.41, 5.74) is 3.90. The molecule has 0 spiro atoms. The summed E-state index contributed by atoms with van der Waals surface area (Å²) in [5.74, 6) is 0.514. The van der Waals surface area contributed by atoms with Gasteiger partial charge in [0.1, 0.15) is 11.2 Å². The summed E-state index contributed by atoms with van der Waals surface area (Å²) in [6.45, 7) is 14.0. The molecule has 3 aromatic rings. The summed E-state index contributed by atoms with van der Waals surface area (Å²) < 4.78 is 6.09. The van der Waals surface area contributed by atoms with Crippen LogP contribution in [0.15, 0.2) is 46.9 Å². The van der Waals surface area contributed by atoms with Gasteiger partial charge in [0.15, 0.2) is 0 Å². The Bertz CT molecular complexity index is 824. The van der Waals surface area contributed by atoms with E-state index < -0.39 is 0 Å². The van der Waals surface area contributed by atoms with Crippen molar-refractivity contribution < 1.29 is 4.42 Å². The van der Waals surface area contributed by atoms with E-state index in [0.717, 1.165) is 11.2 Å². The van der Waals surface area contributed by atoms with Gasteiger partial charge in [0, 0.05) is 10.8 Å². The topological polar surface area (TPSA) is 13.1 Å². The number of furan rings is 1. The summed E-state index contributed by atoms with van der Waals surface area (Å²) >= 11 is 0. The first kappa shape index (κ1) is 16.1. The van der Waals surface area contributed by atoms with Crippen LogP contribution in [0.25, 0.3) is 21.9 Å². The van der Waals surface area contributed by atoms with Crippen molar-refractivity contribution >= 4 is 21.9 Å². The van der Waals surface area contributed by atoms with Gasteiger partial charge in [0.2, 0.25) is 0 Å². The first-order valence-electron chi connectivity index (χ1n) is 8.56. The van der Waals surface area contributed by atoms with Gasteiger partial charge < -0.3 is 4.42 Å². The van der Waals surface area contributed by atoms with Crippen LogP contribution >= 0.6 is 0 Å². The third-order valence-corrected chi connectivity index (χ3v) is 4.67. The Morgan fingerprint density at radius 1 is 0.826 bits per heavy atom. The van der Waals surface area contributed by atoms with E-state index in [1.54, 1.807) is 0 Å². The maximum Gasteiger partial charge on any atom is 0.135 e. The highest BCUT2D eigenvalue weighted by Gasteiger charge is 2.30. The van der Waals surface area contributed by atoms with E-state index in [0.29, 0.717) is 11.3 Å². The fraction of sp³-hybridized carbons (Fsp3) is 0.455. The predicted octanol–water partition coefficient (Wildman–Crippen LogP) is 7.15. The van der Waals surface area contributed by atoms with Crippen LogP contribution in [0.4, 0.5) is 0 Å². The van der Waals surface area contributed by atoms with E-state index >= 15 is 0 Å². The van der Waals surface area contributed by atoms with Crippen LogP contribution in [0.2, 0.25) is 0 Å². The average molecular weight is 308 g/mol. The highest BCUT2D eigenvalue weighted by Crippen LogP contribution is 2.44. The number of hydrogen-bond donors (Lipinski definition) is 0. The molecule has 1 unspecified atom stereocenters. The lowest BCUT2D eigenvalue weighted by Crippen LogP contribution is -2.23. The minimum Gasteiger partial charge on any atom is -0.456 e. The number of rotatable bonds is 2. The number of hydrogen-bond acceptors (Lipinski definition) is 1. The standard InChI is InChI=1S/C22H28O/c1-21(2,3)14-18(22(4,5)6)15-11-12-17-16-9-7-8-10-19(16)23-20(17)13-15/h7-13,18H,14H2,1-6H3. The Hall–Kier alpha value is -1.76. The van der Waals surface area contributed by atoms with Crippen molar-refractivity contribution in [1.29, 1.82) is 0 Å². The van der Waals surface area contributed by atoms with Crippen LogP contribution in [-0.2, 0) is 0 Å². The van der Waals surface area contributed by atoms with Gasteiger partial charge in [-0.1, -0.05) is 71.9 Å². The molecular weight excluding hydrogens is 280 g/mol. The molecule has 1 aromatic heterocycles. The lowest BCUT2D eigenvalue weighted by molar-refractivity contribution is 0.229. The Labute approximate surface area is 139 Å². The number of benzene rings is 2. The number of fused-ring (bicyclic) bond motifs is 3. The zero-order valence-electron chi connectivity index (χ0n) is 15.2. The van der Waals surface area contributed by atoms with Crippen molar-refractivity contribution in [1.82, 2.24) is 0 Å². The third-order valence-electron chi connectivity index (χ3n) is 4.67. The third kappa shape index (κ3) is 3.29. The molecule has 0 aliphatic rings. The monoisotopic (exact) mass is 308 g/mol. The lowest BCUT2D eigenvalue weighted by atomic mass is 9.69. The predicted molar refractivity (Wildman–Crippen MR) is 100.0 cm³/mol. The highest BCUT2D eigenvalue weighted by atomic mass is 16.3. The van der Waals surface area contributed by atoms with Gasteiger partial charge in [-0.15, -0.1) is 0 Å². The van der Waals surface area contributed by atoms with Gasteiger partial charge in [-0.25, -0.2) is 0 Å². The van der Waals surface area contributed by atoms with Gasteiger partial charge >= 0.3 is 0 Å². The van der Waals surface area contributed by atoms with Crippen molar-refractivity contribution in [3.05, 3.63) is 48.0 Å². The van der Waals surface area contributed by atoms with Crippen LogP contribution in [0.3, 0.4) is 0 Å². The maximum atomic E-state index is 6.09. The normalized spacial score (nSPS) is 14.5. The zero-order chi connectivity index (χ0) is 16.8. The molecule has 0 amide bonds. The van der Waals surface area contributed by atoms with Gasteiger partial charge in [-0.3, -0.25) is 0 Å². The first-order chi connectivity index (χ1) is 10.6. The van der Waals surface area contributed by atoms with E-state index in [1.807, 2.05) is 12.1 Å². The second-order valence-corrected chi connectivity index (χ2v) is 9.04. The summed E-state index contributed by atoms with van der Waals surface area (Å²) in [5, 5.41) is 2.42. The molecule has 0 saturated carbocycles. The highest BCUT2D eigenvalue weighted by molar-refractivity contribution is 6.04. The van der Waals surface area contributed by atoms with Crippen LogP contribution in [-0.4, -0.2) is 0 Å². The van der Waals surface area contributed by atoms with E-state index in [1.165, 1.54) is 22.8 Å². The fourth-order valence-electron chi connectivity index (χ4n) is 3.50. The van der Waals surface area contributed by atoms with Crippen molar-refractivity contribution in [2.45, 2.75) is 53.9 Å². The molecule has 2 aromatic carbocycles. The van der Waals surface area contributed by atoms with E-state index in [2.05, 4.69) is 71.9 Å². The molecule has 1 heterocycles. The molecule has 3 rings (SSSR count). The van der Waals surface area contributed by atoms with Gasteiger partial charge in [0.05, 0.1) is 0 Å². The molecule has 0 N–H and O–H groups in total. The molecule has 122 valence electrons. The van der Waals surface area contributed by atoms with E-state index in [9.17, 15) is 0 Å². The summed E-state index contributed by atoms with van der Waals surface area (Å²) in [4.78, 5) is 0. The quantitative estimate of drug-likeness (QED) is 0.490. The molecule has 0 aliphatic heterocycles. The minimum atomic E-state index is 0.229. The molecule has 0 aliphatic carbocycles. The summed E-state index contributed by atoms with van der Waals surface area (Å²) in [6, 6.07) is 15.1. The molecule has 1 nitrogen and oxygen atoms in total. The maximum absolute atomic E-state index is 6.09. The van der Waals surface area contributed by atoms with Crippen molar-refractivity contribution in [3.63, 3.8) is 0 Å². The Morgan fingerprint density at radius 3 is 2.13 bits per heavy atom. The Morgan fingerprint density at radius 2 is 1.48 bits per heavy atom. The van der Waals surface area contributed by atoms with Crippen molar-refractivity contribution in [2.75, 3.05) is 0 Å². The molecule has 0 fully saturated rings. The Kier molecular flexibility index (Phi) is 3.78. The van der Waals surface area contributed by atoms with Gasteiger partial charge in [-0.2, -0.15) is 0 Å². The zero-order valence-corrected chi connectivity index (χ0v) is 15.2. The second kappa shape index (κ2) is 5.40. The van der Waals surface area contributed by atoms with Crippen LogP contribution in [0, 0.1) is 10.8 Å². The van der Waals surface area contributed by atoms with Crippen LogP contribution in [0.1, 0.15) is 59.4 Å². The van der Waals surface area contributed by atoms with Crippen LogP contribution < -0.4 is 0 Å². The number of para-hydroxylation sites is 1. The smallest absolute Gasteiger partial charge is 0.135 e. The Balaban J connectivity index is 2.11. The molecule has 0 bridgehead atoms. The molecule has 1 atom stereocenters. The van der Waals surface area contributed by atoms with Gasteiger partial charge in [-0.05, 0) is 40.9 Å². The molecular formula is C22H28O. The van der Waals surface area contributed by atoms with Crippen molar-refractivity contribution in [2.24, 2.45) is 10.8 Å². The summed E-state index contributed by atoms with van der Waals surface area (Å²) in [7, 11) is 0. The van der Waals surface area contributed by atoms with E-state index in [-0.39, 0.29) is 5.41 Å². The van der Waals surface area contributed by atoms with E-state index in [4.69, 9.17) is 4.42 Å². The largest absolute Gasteiger partial charge is 0.456 e. The fourth-order valence-corrected chi connectivity index (χ4v) is 3.50. The molecule has 1 heteroatoms. The summed E-state index contributed by atoms with van der Waals surface area (Å²) in [6.07, 6.45) is 1.17. The first-order valence-corrected chi connectivity index (χ1v) is 8.56. The second-order valence-electron chi connectivity index (χ2n) is 9.04.